The van der Waals surface area contributed by atoms with E-state index in [2.05, 4.69) is 22.2 Å². The molecule has 114 valence electrons. The minimum Gasteiger partial charge on any atom is -0.334 e. The van der Waals surface area contributed by atoms with Crippen molar-refractivity contribution in [2.45, 2.75) is 44.3 Å². The molecule has 1 saturated carbocycles. The summed E-state index contributed by atoms with van der Waals surface area (Å²) in [6, 6.07) is 6.61. The van der Waals surface area contributed by atoms with Crippen molar-refractivity contribution >= 4 is 6.03 Å². The number of pyridine rings is 1. The smallest absolute Gasteiger partial charge is 0.318 e. The normalized spacial score (nSPS) is 22.8. The first-order valence-electron chi connectivity index (χ1n) is 7.88. The number of nitrogens with zero attached hydrogens (tertiary/aromatic N) is 3. The van der Waals surface area contributed by atoms with E-state index >= 15 is 0 Å². The van der Waals surface area contributed by atoms with Gasteiger partial charge in [-0.05, 0) is 51.4 Å². The molecule has 0 aromatic carbocycles. The molecular weight excluding hydrogens is 264 g/mol. The first kappa shape index (κ1) is 14.3. The number of amides is 2. The molecule has 1 aliphatic carbocycles. The molecule has 2 heterocycles. The highest BCUT2D eigenvalue weighted by Gasteiger charge is 2.34. The average Bonchev–Trinajstić information content (AvgIpc) is 3.30. The van der Waals surface area contributed by atoms with E-state index in [9.17, 15) is 4.79 Å². The molecule has 1 aliphatic heterocycles. The first-order valence-corrected chi connectivity index (χ1v) is 7.88. The molecule has 2 fully saturated rings. The molecule has 2 aliphatic rings. The Balaban J connectivity index is 1.59. The molecule has 5 nitrogen and oxygen atoms in total. The van der Waals surface area contributed by atoms with Crippen molar-refractivity contribution in [3.8, 4) is 0 Å². The molecule has 3 rings (SSSR count). The van der Waals surface area contributed by atoms with E-state index < -0.39 is 0 Å². The van der Waals surface area contributed by atoms with E-state index in [1.54, 1.807) is 6.20 Å². The van der Waals surface area contributed by atoms with Gasteiger partial charge in [0.05, 0.1) is 12.2 Å². The Morgan fingerprint density at radius 1 is 1.43 bits per heavy atom. The van der Waals surface area contributed by atoms with Crippen LogP contribution in [0, 0.1) is 0 Å². The molecule has 0 radical (unpaired) electrons. The van der Waals surface area contributed by atoms with Crippen LogP contribution in [-0.2, 0) is 6.54 Å². The third-order valence-electron chi connectivity index (χ3n) is 4.26. The van der Waals surface area contributed by atoms with Crippen LogP contribution in [0.3, 0.4) is 0 Å². The highest BCUT2D eigenvalue weighted by Crippen LogP contribution is 2.28. The number of hydrogen-bond donors (Lipinski definition) is 1. The van der Waals surface area contributed by atoms with Crippen LogP contribution in [0.4, 0.5) is 4.79 Å². The van der Waals surface area contributed by atoms with Gasteiger partial charge < -0.3 is 15.1 Å². The number of nitrogens with one attached hydrogen (secondary N) is 1. The van der Waals surface area contributed by atoms with Crippen LogP contribution in [0.15, 0.2) is 24.4 Å². The van der Waals surface area contributed by atoms with Crippen LogP contribution in [0.25, 0.3) is 0 Å². The second-order valence-electron chi connectivity index (χ2n) is 6.23. The standard InChI is InChI=1S/C16H24N4O/c1-19-10-4-6-14(11-19)18-16(21)20(15-7-8-15)12-13-5-2-3-9-17-13/h2-3,5,9,14-15H,4,6-8,10-12H2,1H3,(H,18,21). The Bertz CT molecular complexity index is 474. The molecule has 0 spiro atoms. The summed E-state index contributed by atoms with van der Waals surface area (Å²) in [5.41, 5.74) is 0.959. The van der Waals surface area contributed by atoms with Crippen molar-refractivity contribution in [3.63, 3.8) is 0 Å². The Labute approximate surface area is 126 Å². The first-order chi connectivity index (χ1) is 10.2. The summed E-state index contributed by atoms with van der Waals surface area (Å²) in [6.07, 6.45) is 6.26. The van der Waals surface area contributed by atoms with E-state index in [1.807, 2.05) is 23.1 Å². The lowest BCUT2D eigenvalue weighted by Gasteiger charge is -2.32. The molecule has 2 amide bonds. The lowest BCUT2D eigenvalue weighted by Crippen LogP contribution is -2.51. The number of piperidine rings is 1. The average molecular weight is 288 g/mol. The number of carbonyl (C=O) groups excluding carboxylic acids is 1. The van der Waals surface area contributed by atoms with Crippen LogP contribution in [0.5, 0.6) is 0 Å². The van der Waals surface area contributed by atoms with Gasteiger partial charge in [0.15, 0.2) is 0 Å². The predicted molar refractivity (Wildman–Crippen MR) is 81.9 cm³/mol. The minimum atomic E-state index is 0.0726. The van der Waals surface area contributed by atoms with Gasteiger partial charge in [0.25, 0.3) is 0 Å². The predicted octanol–water partition coefficient (Wildman–Crippen LogP) is 1.85. The van der Waals surface area contributed by atoms with Crippen LogP contribution in [-0.4, -0.2) is 53.0 Å². The topological polar surface area (TPSA) is 48.5 Å². The zero-order valence-corrected chi connectivity index (χ0v) is 12.7. The maximum atomic E-state index is 12.6. The fourth-order valence-corrected chi connectivity index (χ4v) is 2.96. The summed E-state index contributed by atoms with van der Waals surface area (Å²) < 4.78 is 0. The van der Waals surface area contributed by atoms with Crippen molar-refractivity contribution < 1.29 is 4.79 Å². The lowest BCUT2D eigenvalue weighted by molar-refractivity contribution is 0.173. The molecule has 1 N–H and O–H groups in total. The summed E-state index contributed by atoms with van der Waals surface area (Å²) in [7, 11) is 2.12. The fourth-order valence-electron chi connectivity index (χ4n) is 2.96. The molecular formula is C16H24N4O. The van der Waals surface area contributed by atoms with Crippen molar-refractivity contribution in [1.29, 1.82) is 0 Å². The highest BCUT2D eigenvalue weighted by molar-refractivity contribution is 5.75. The minimum absolute atomic E-state index is 0.0726. The van der Waals surface area contributed by atoms with Gasteiger partial charge in [-0.25, -0.2) is 4.79 Å². The number of urea groups is 1. The van der Waals surface area contributed by atoms with Crippen molar-refractivity contribution in [3.05, 3.63) is 30.1 Å². The van der Waals surface area contributed by atoms with Crippen LogP contribution in [0.2, 0.25) is 0 Å². The Morgan fingerprint density at radius 3 is 2.95 bits per heavy atom. The molecule has 1 atom stereocenters. The molecule has 1 saturated heterocycles. The Kier molecular flexibility index (Phi) is 4.39. The second kappa shape index (κ2) is 6.43. The molecule has 5 heteroatoms. The van der Waals surface area contributed by atoms with Crippen molar-refractivity contribution in [2.24, 2.45) is 0 Å². The quantitative estimate of drug-likeness (QED) is 0.920. The molecule has 1 unspecified atom stereocenters. The second-order valence-corrected chi connectivity index (χ2v) is 6.23. The fraction of sp³-hybridized carbons (Fsp3) is 0.625. The summed E-state index contributed by atoms with van der Waals surface area (Å²) in [5, 5.41) is 3.21. The summed E-state index contributed by atoms with van der Waals surface area (Å²) in [5.74, 6) is 0. The number of aromatic nitrogens is 1. The number of rotatable bonds is 4. The largest absolute Gasteiger partial charge is 0.334 e. The van der Waals surface area contributed by atoms with Gasteiger partial charge >= 0.3 is 6.03 Å². The van der Waals surface area contributed by atoms with Crippen molar-refractivity contribution in [2.75, 3.05) is 20.1 Å². The summed E-state index contributed by atoms with van der Waals surface area (Å²) in [4.78, 5) is 21.2. The third-order valence-corrected chi connectivity index (χ3v) is 4.26. The van der Waals surface area contributed by atoms with Gasteiger partial charge in [0, 0.05) is 24.8 Å². The molecule has 21 heavy (non-hydrogen) atoms. The number of likely N-dealkylation sites (tertiary alicyclic amines) is 1. The monoisotopic (exact) mass is 288 g/mol. The van der Waals surface area contributed by atoms with Crippen molar-refractivity contribution in [1.82, 2.24) is 20.1 Å². The van der Waals surface area contributed by atoms with Gasteiger partial charge in [0.2, 0.25) is 0 Å². The van der Waals surface area contributed by atoms with Gasteiger partial charge in [0.1, 0.15) is 0 Å². The maximum absolute atomic E-state index is 12.6. The number of hydrogen-bond acceptors (Lipinski definition) is 3. The Morgan fingerprint density at radius 2 is 2.29 bits per heavy atom. The van der Waals surface area contributed by atoms with Gasteiger partial charge in [-0.3, -0.25) is 4.98 Å². The molecule has 1 aromatic rings. The van der Waals surface area contributed by atoms with Crippen LogP contribution >= 0.6 is 0 Å². The summed E-state index contributed by atoms with van der Waals surface area (Å²) >= 11 is 0. The molecule has 0 bridgehead atoms. The van der Waals surface area contributed by atoms with Crippen LogP contribution in [0.1, 0.15) is 31.4 Å². The Hall–Kier alpha value is -1.62. The van der Waals surface area contributed by atoms with Crippen LogP contribution < -0.4 is 5.32 Å². The van der Waals surface area contributed by atoms with E-state index in [0.29, 0.717) is 12.6 Å². The number of likely N-dealkylation sites (N-methyl/N-ethyl adjacent to an activating group) is 1. The van der Waals surface area contributed by atoms with Gasteiger partial charge in [-0.15, -0.1) is 0 Å². The number of carbonyl (C=O) groups is 1. The van der Waals surface area contributed by atoms with E-state index in [0.717, 1.165) is 44.5 Å². The van der Waals surface area contributed by atoms with Gasteiger partial charge in [-0.2, -0.15) is 0 Å². The van der Waals surface area contributed by atoms with Gasteiger partial charge in [-0.1, -0.05) is 6.07 Å². The maximum Gasteiger partial charge on any atom is 0.318 e. The SMILES string of the molecule is CN1CCCC(NC(=O)N(Cc2ccccn2)C2CC2)C1. The van der Waals surface area contributed by atoms with E-state index in [-0.39, 0.29) is 12.1 Å². The lowest BCUT2D eigenvalue weighted by atomic mass is 10.1. The highest BCUT2D eigenvalue weighted by atomic mass is 16.2. The summed E-state index contributed by atoms with van der Waals surface area (Å²) in [6.45, 7) is 2.69. The zero-order chi connectivity index (χ0) is 14.7. The van der Waals surface area contributed by atoms with E-state index in [4.69, 9.17) is 0 Å². The molecule has 1 aromatic heterocycles. The third kappa shape index (κ3) is 3.94. The zero-order valence-electron chi connectivity index (χ0n) is 12.7. The van der Waals surface area contributed by atoms with E-state index in [1.165, 1.54) is 0 Å².